The standard InChI is InChI=1S/C48H74O6/c1-4-7-10-13-16-19-21-23-25-26-29-32-35-38-41-47(50)53-44-45(43-52-46(49)40-37-34-31-28-18-15-12-9-6-3)54-48(51)42-39-36-33-30-27-24-22-20-17-14-11-8-5-2/h7-8,10-11,14,16-17,19-20,22-25,27-28,30-31,33,45H,4-6,9,12-13,15,18,21,26,29,32,34-44H2,1-3H3/b10-7-,11-8-,17-14-,19-16-,22-20-,25-23-,27-24-,31-28-,33-30-. The minimum Gasteiger partial charge on any atom is -0.462 e. The van der Waals surface area contributed by atoms with E-state index < -0.39 is 12.1 Å². The van der Waals surface area contributed by atoms with Crippen molar-refractivity contribution < 1.29 is 28.6 Å². The van der Waals surface area contributed by atoms with E-state index in [0.717, 1.165) is 77.0 Å². The van der Waals surface area contributed by atoms with Gasteiger partial charge in [-0.25, -0.2) is 0 Å². The van der Waals surface area contributed by atoms with Crippen LogP contribution in [-0.4, -0.2) is 37.2 Å². The average Bonchev–Trinajstić information content (AvgIpc) is 3.17. The van der Waals surface area contributed by atoms with Crippen LogP contribution in [0.1, 0.15) is 156 Å². The van der Waals surface area contributed by atoms with Crippen molar-refractivity contribution in [2.24, 2.45) is 0 Å². The third-order valence-electron chi connectivity index (χ3n) is 8.12. The van der Waals surface area contributed by atoms with E-state index in [4.69, 9.17) is 14.2 Å². The van der Waals surface area contributed by atoms with E-state index in [2.05, 4.69) is 75.5 Å². The summed E-state index contributed by atoms with van der Waals surface area (Å²) in [6.07, 6.45) is 55.2. The number of allylic oxidation sites excluding steroid dienone is 18. The quantitative estimate of drug-likeness (QED) is 0.0211. The molecule has 0 aromatic rings. The second kappa shape index (κ2) is 41.8. The van der Waals surface area contributed by atoms with E-state index in [9.17, 15) is 14.4 Å². The number of rotatable bonds is 35. The first kappa shape index (κ1) is 50.1. The van der Waals surface area contributed by atoms with Crippen molar-refractivity contribution in [2.45, 2.75) is 162 Å². The highest BCUT2D eigenvalue weighted by atomic mass is 16.6. The molecular weight excluding hydrogens is 673 g/mol. The van der Waals surface area contributed by atoms with Crippen molar-refractivity contribution in [3.63, 3.8) is 0 Å². The van der Waals surface area contributed by atoms with Gasteiger partial charge in [0, 0.05) is 19.3 Å². The molecule has 1 unspecified atom stereocenters. The summed E-state index contributed by atoms with van der Waals surface area (Å²) in [5, 5.41) is 0. The first-order valence-corrected chi connectivity index (χ1v) is 21.0. The van der Waals surface area contributed by atoms with E-state index in [1.165, 1.54) is 25.7 Å². The lowest BCUT2D eigenvalue weighted by atomic mass is 10.1. The van der Waals surface area contributed by atoms with Crippen molar-refractivity contribution >= 4 is 17.9 Å². The molecule has 0 aliphatic rings. The Balaban J connectivity index is 4.59. The van der Waals surface area contributed by atoms with Crippen LogP contribution in [0, 0.1) is 0 Å². The maximum absolute atomic E-state index is 12.6. The Morgan fingerprint density at radius 1 is 0.407 bits per heavy atom. The normalized spacial score (nSPS) is 13.2. The summed E-state index contributed by atoms with van der Waals surface area (Å²) < 4.78 is 16.5. The van der Waals surface area contributed by atoms with Crippen LogP contribution < -0.4 is 0 Å². The van der Waals surface area contributed by atoms with Gasteiger partial charge in [0.1, 0.15) is 13.2 Å². The minimum absolute atomic E-state index is 0.130. The molecule has 0 bridgehead atoms. The fraction of sp³-hybridized carbons (Fsp3) is 0.562. The zero-order valence-electron chi connectivity index (χ0n) is 34.2. The molecule has 0 saturated heterocycles. The fourth-order valence-electron chi connectivity index (χ4n) is 5.02. The third kappa shape index (κ3) is 39.3. The monoisotopic (exact) mass is 747 g/mol. The highest BCUT2D eigenvalue weighted by Crippen LogP contribution is 2.10. The van der Waals surface area contributed by atoms with Gasteiger partial charge in [0.05, 0.1) is 0 Å². The Kier molecular flexibility index (Phi) is 38.8. The smallest absolute Gasteiger partial charge is 0.306 e. The Labute approximate surface area is 330 Å². The van der Waals surface area contributed by atoms with Gasteiger partial charge in [-0.3, -0.25) is 14.4 Å². The topological polar surface area (TPSA) is 78.9 Å². The van der Waals surface area contributed by atoms with Crippen LogP contribution in [0.2, 0.25) is 0 Å². The van der Waals surface area contributed by atoms with Crippen LogP contribution in [0.3, 0.4) is 0 Å². The molecular formula is C48H74O6. The molecule has 0 heterocycles. The number of hydrogen-bond donors (Lipinski definition) is 0. The fourth-order valence-corrected chi connectivity index (χ4v) is 5.02. The van der Waals surface area contributed by atoms with Gasteiger partial charge >= 0.3 is 17.9 Å². The molecule has 0 amide bonds. The van der Waals surface area contributed by atoms with Gasteiger partial charge in [-0.2, -0.15) is 0 Å². The van der Waals surface area contributed by atoms with Gasteiger partial charge < -0.3 is 14.2 Å². The zero-order valence-corrected chi connectivity index (χ0v) is 34.2. The van der Waals surface area contributed by atoms with E-state index in [-0.39, 0.29) is 38.0 Å². The molecule has 54 heavy (non-hydrogen) atoms. The highest BCUT2D eigenvalue weighted by Gasteiger charge is 2.19. The lowest BCUT2D eigenvalue weighted by Gasteiger charge is -2.18. The van der Waals surface area contributed by atoms with Gasteiger partial charge in [-0.15, -0.1) is 0 Å². The number of ether oxygens (including phenoxy) is 3. The van der Waals surface area contributed by atoms with Crippen LogP contribution in [0.15, 0.2) is 109 Å². The van der Waals surface area contributed by atoms with Crippen LogP contribution in [0.25, 0.3) is 0 Å². The molecule has 302 valence electrons. The Bertz CT molecular complexity index is 1180. The van der Waals surface area contributed by atoms with Crippen molar-refractivity contribution in [3.8, 4) is 0 Å². The average molecular weight is 747 g/mol. The summed E-state index contributed by atoms with van der Waals surface area (Å²) in [7, 11) is 0. The van der Waals surface area contributed by atoms with Gasteiger partial charge in [0.15, 0.2) is 6.10 Å². The van der Waals surface area contributed by atoms with Gasteiger partial charge in [0.25, 0.3) is 0 Å². The first-order valence-electron chi connectivity index (χ1n) is 21.0. The second-order valence-electron chi connectivity index (χ2n) is 13.2. The summed E-state index contributed by atoms with van der Waals surface area (Å²) in [6, 6.07) is 0. The molecule has 0 saturated carbocycles. The van der Waals surface area contributed by atoms with Gasteiger partial charge in [0.2, 0.25) is 0 Å². The Hall–Kier alpha value is -3.93. The van der Waals surface area contributed by atoms with Crippen LogP contribution in [-0.2, 0) is 28.6 Å². The van der Waals surface area contributed by atoms with E-state index in [0.29, 0.717) is 19.3 Å². The molecule has 0 fully saturated rings. The number of unbranched alkanes of at least 4 members (excludes halogenated alkanes) is 10. The summed E-state index contributed by atoms with van der Waals surface area (Å²) in [5.41, 5.74) is 0. The molecule has 0 aromatic carbocycles. The number of carbonyl (C=O) groups excluding carboxylic acids is 3. The molecule has 0 aliphatic heterocycles. The number of hydrogen-bond acceptors (Lipinski definition) is 6. The van der Waals surface area contributed by atoms with Crippen molar-refractivity contribution in [1.29, 1.82) is 0 Å². The third-order valence-corrected chi connectivity index (χ3v) is 8.12. The molecule has 0 N–H and O–H groups in total. The molecule has 0 spiro atoms. The summed E-state index contributed by atoms with van der Waals surface area (Å²) in [4.78, 5) is 37.5. The molecule has 6 heteroatoms. The SMILES string of the molecule is CC\C=C/C=C\C=C/C=C\C=C/CCCC(=O)OC(COC(=O)CCC/C=C\CCCCCC)COC(=O)CCCCCC/C=C\C/C=C\C/C=C\CC. The van der Waals surface area contributed by atoms with E-state index in [1.807, 2.05) is 54.7 Å². The molecule has 0 aliphatic carbocycles. The highest BCUT2D eigenvalue weighted by molar-refractivity contribution is 5.71. The van der Waals surface area contributed by atoms with Gasteiger partial charge in [-0.05, 0) is 83.5 Å². The summed E-state index contributed by atoms with van der Waals surface area (Å²) >= 11 is 0. The maximum Gasteiger partial charge on any atom is 0.306 e. The van der Waals surface area contributed by atoms with Crippen LogP contribution in [0.5, 0.6) is 0 Å². The summed E-state index contributed by atoms with van der Waals surface area (Å²) in [6.45, 7) is 6.19. The lowest BCUT2D eigenvalue weighted by molar-refractivity contribution is -0.167. The number of carbonyl (C=O) groups is 3. The van der Waals surface area contributed by atoms with Crippen LogP contribution >= 0.6 is 0 Å². The molecule has 0 aromatic heterocycles. The second-order valence-corrected chi connectivity index (χ2v) is 13.2. The van der Waals surface area contributed by atoms with Crippen molar-refractivity contribution in [1.82, 2.24) is 0 Å². The summed E-state index contributed by atoms with van der Waals surface area (Å²) in [5.74, 6) is -1.08. The Morgan fingerprint density at radius 2 is 0.833 bits per heavy atom. The van der Waals surface area contributed by atoms with Crippen molar-refractivity contribution in [3.05, 3.63) is 109 Å². The van der Waals surface area contributed by atoms with E-state index in [1.54, 1.807) is 0 Å². The first-order chi connectivity index (χ1) is 26.5. The predicted octanol–water partition coefficient (Wildman–Crippen LogP) is 13.2. The van der Waals surface area contributed by atoms with E-state index >= 15 is 0 Å². The largest absolute Gasteiger partial charge is 0.462 e. The molecule has 1 atom stereocenters. The van der Waals surface area contributed by atoms with Crippen molar-refractivity contribution in [2.75, 3.05) is 13.2 Å². The van der Waals surface area contributed by atoms with Gasteiger partial charge in [-0.1, -0.05) is 162 Å². The molecule has 6 nitrogen and oxygen atoms in total. The lowest BCUT2D eigenvalue weighted by Crippen LogP contribution is -2.30. The molecule has 0 radical (unpaired) electrons. The predicted molar refractivity (Wildman–Crippen MR) is 228 cm³/mol. The maximum atomic E-state index is 12.6. The minimum atomic E-state index is -0.834. The van der Waals surface area contributed by atoms with Crippen LogP contribution in [0.4, 0.5) is 0 Å². The Morgan fingerprint density at radius 3 is 1.43 bits per heavy atom. The zero-order chi connectivity index (χ0) is 39.4. The molecule has 0 rings (SSSR count). The number of esters is 3.